The molecule has 32 heavy (non-hydrogen) atoms. The largest absolute Gasteiger partial charge is 0.492 e. The van der Waals surface area contributed by atoms with E-state index in [0.29, 0.717) is 25.7 Å². The third-order valence-corrected chi connectivity index (χ3v) is 5.04. The molecule has 1 atom stereocenters. The summed E-state index contributed by atoms with van der Waals surface area (Å²) in [7, 11) is 0. The van der Waals surface area contributed by atoms with E-state index in [-0.39, 0.29) is 12.0 Å². The quantitative estimate of drug-likeness (QED) is 0.118. The molecule has 0 radical (unpaired) electrons. The van der Waals surface area contributed by atoms with Crippen LogP contribution in [0.1, 0.15) is 44.1 Å². The summed E-state index contributed by atoms with van der Waals surface area (Å²) in [5.74, 6) is 2.04. The summed E-state index contributed by atoms with van der Waals surface area (Å²) in [5, 5.41) is 27.2. The molecule has 1 aliphatic rings. The average Bonchev–Trinajstić information content (AvgIpc) is 2.79. The normalized spacial score (nSPS) is 15.3. The standard InChI is InChI=1S/C22H39N9O/c23-18-15-30-20(31-16-18)17-7-9-19(10-8-17)32-14-13-29-22(26)28-12-6-4-2-1-3-5-11-27-21(24)25/h7-10,18H,1-6,11-16,23H2,(H,30,31)(H4,24,25,27)(H3,26,28,29). The van der Waals surface area contributed by atoms with Crippen LogP contribution in [0, 0.1) is 10.8 Å². The zero-order valence-corrected chi connectivity index (χ0v) is 18.9. The second kappa shape index (κ2) is 14.9. The van der Waals surface area contributed by atoms with Crippen molar-refractivity contribution in [2.45, 2.75) is 44.6 Å². The number of amidine groups is 1. The van der Waals surface area contributed by atoms with Crippen molar-refractivity contribution in [1.82, 2.24) is 21.3 Å². The van der Waals surface area contributed by atoms with Gasteiger partial charge in [0.05, 0.1) is 13.1 Å². The van der Waals surface area contributed by atoms with Gasteiger partial charge < -0.3 is 37.5 Å². The number of nitrogens with zero attached hydrogens (tertiary/aromatic N) is 1. The second-order valence-corrected chi connectivity index (χ2v) is 7.89. The lowest BCUT2D eigenvalue weighted by atomic mass is 10.1. The van der Waals surface area contributed by atoms with E-state index in [1.807, 2.05) is 24.3 Å². The minimum atomic E-state index is 0.0436. The van der Waals surface area contributed by atoms with E-state index in [1.165, 1.54) is 12.8 Å². The Morgan fingerprint density at radius 3 is 2.22 bits per heavy atom. The van der Waals surface area contributed by atoms with Crippen molar-refractivity contribution in [3.63, 3.8) is 0 Å². The minimum absolute atomic E-state index is 0.0436. The van der Waals surface area contributed by atoms with Crippen molar-refractivity contribution in [3.8, 4) is 5.75 Å². The predicted octanol–water partition coefficient (Wildman–Crippen LogP) is 0.680. The highest BCUT2D eigenvalue weighted by atomic mass is 16.5. The molecule has 0 bridgehead atoms. The van der Waals surface area contributed by atoms with Gasteiger partial charge in [0, 0.05) is 31.2 Å². The molecular weight excluding hydrogens is 406 g/mol. The molecule has 10 heteroatoms. The molecule has 10 N–H and O–H groups in total. The first-order valence-electron chi connectivity index (χ1n) is 11.5. The van der Waals surface area contributed by atoms with Crippen molar-refractivity contribution in [2.75, 3.05) is 39.3 Å². The molecule has 0 aromatic heterocycles. The van der Waals surface area contributed by atoms with Gasteiger partial charge >= 0.3 is 0 Å². The van der Waals surface area contributed by atoms with E-state index >= 15 is 0 Å². The molecule has 0 aliphatic carbocycles. The van der Waals surface area contributed by atoms with Crippen LogP contribution in [0.25, 0.3) is 0 Å². The number of benzene rings is 1. The molecule has 0 fully saturated rings. The lowest BCUT2D eigenvalue weighted by Gasteiger charge is -2.20. The lowest BCUT2D eigenvalue weighted by molar-refractivity contribution is 0.322. The van der Waals surface area contributed by atoms with Crippen LogP contribution >= 0.6 is 0 Å². The Hall–Kier alpha value is -3.01. The van der Waals surface area contributed by atoms with Gasteiger partial charge in [-0.05, 0) is 37.1 Å². The molecule has 0 saturated heterocycles. The fourth-order valence-electron chi connectivity index (χ4n) is 3.26. The minimum Gasteiger partial charge on any atom is -0.492 e. The third kappa shape index (κ3) is 10.9. The van der Waals surface area contributed by atoms with Gasteiger partial charge in [-0.25, -0.2) is 0 Å². The van der Waals surface area contributed by atoms with Crippen LogP contribution in [0.5, 0.6) is 5.75 Å². The summed E-state index contributed by atoms with van der Waals surface area (Å²) < 4.78 is 5.74. The molecule has 0 saturated carbocycles. The molecule has 1 aromatic carbocycles. The molecule has 0 amide bonds. The SMILES string of the molecule is N=C(N)NCCCCCCCCNC(=N)NCCOc1ccc(C2=NCC(N)CN2)cc1. The van der Waals surface area contributed by atoms with Crippen LogP contribution < -0.4 is 37.5 Å². The summed E-state index contributed by atoms with van der Waals surface area (Å²) >= 11 is 0. The first kappa shape index (κ1) is 25.3. The topological polar surface area (TPSA) is 169 Å². The summed E-state index contributed by atoms with van der Waals surface area (Å²) in [5.41, 5.74) is 12.1. The second-order valence-electron chi connectivity index (χ2n) is 7.89. The van der Waals surface area contributed by atoms with Crippen molar-refractivity contribution >= 4 is 17.8 Å². The zero-order chi connectivity index (χ0) is 23.0. The number of guanidine groups is 2. The zero-order valence-electron chi connectivity index (χ0n) is 18.9. The average molecular weight is 446 g/mol. The van der Waals surface area contributed by atoms with E-state index in [4.69, 9.17) is 27.0 Å². The van der Waals surface area contributed by atoms with E-state index in [9.17, 15) is 0 Å². The number of hydrogen-bond acceptors (Lipinski definition) is 6. The van der Waals surface area contributed by atoms with Gasteiger partial charge in [-0.1, -0.05) is 25.7 Å². The Kier molecular flexibility index (Phi) is 11.8. The number of rotatable bonds is 14. The molecule has 2 rings (SSSR count). The van der Waals surface area contributed by atoms with Crippen molar-refractivity contribution in [3.05, 3.63) is 29.8 Å². The highest BCUT2D eigenvalue weighted by Crippen LogP contribution is 2.13. The number of ether oxygens (including phenoxy) is 1. The number of unbranched alkanes of at least 4 members (excludes halogenated alkanes) is 5. The maximum absolute atomic E-state index is 7.91. The summed E-state index contributed by atoms with van der Waals surface area (Å²) in [6, 6.07) is 7.91. The van der Waals surface area contributed by atoms with Crippen molar-refractivity contribution in [1.29, 1.82) is 10.8 Å². The molecule has 178 valence electrons. The fraction of sp³-hybridized carbons (Fsp3) is 0.591. The Balaban J connectivity index is 1.44. The van der Waals surface area contributed by atoms with Crippen LogP contribution in [-0.2, 0) is 0 Å². The highest BCUT2D eigenvalue weighted by Gasteiger charge is 2.12. The number of hydrogen-bond donors (Lipinski definition) is 8. The lowest BCUT2D eigenvalue weighted by Crippen LogP contribution is -2.44. The Labute approximate surface area is 191 Å². The maximum Gasteiger partial charge on any atom is 0.188 e. The Morgan fingerprint density at radius 1 is 0.969 bits per heavy atom. The summed E-state index contributed by atoms with van der Waals surface area (Å²) in [6.07, 6.45) is 6.76. The number of aliphatic imine (C=N–C) groups is 1. The van der Waals surface area contributed by atoms with Crippen LogP contribution in [0.2, 0.25) is 0 Å². The van der Waals surface area contributed by atoms with Crippen molar-refractivity contribution < 1.29 is 4.74 Å². The molecule has 10 nitrogen and oxygen atoms in total. The first-order chi connectivity index (χ1) is 15.5. The van der Waals surface area contributed by atoms with Gasteiger partial charge in [0.2, 0.25) is 0 Å². The smallest absolute Gasteiger partial charge is 0.188 e. The van der Waals surface area contributed by atoms with Crippen LogP contribution in [-0.4, -0.2) is 63.1 Å². The number of nitrogens with one attached hydrogen (secondary N) is 6. The maximum atomic E-state index is 7.91. The van der Waals surface area contributed by atoms with Gasteiger partial charge in [-0.2, -0.15) is 0 Å². The first-order valence-corrected chi connectivity index (χ1v) is 11.5. The molecule has 1 aromatic rings. The molecule has 1 aliphatic heterocycles. The van der Waals surface area contributed by atoms with Crippen LogP contribution in [0.3, 0.4) is 0 Å². The third-order valence-electron chi connectivity index (χ3n) is 5.04. The van der Waals surface area contributed by atoms with Gasteiger partial charge in [0.25, 0.3) is 0 Å². The molecule has 0 spiro atoms. The monoisotopic (exact) mass is 445 g/mol. The van der Waals surface area contributed by atoms with Gasteiger partial charge in [0.15, 0.2) is 11.9 Å². The Morgan fingerprint density at radius 2 is 1.59 bits per heavy atom. The van der Waals surface area contributed by atoms with Gasteiger partial charge in [0.1, 0.15) is 18.2 Å². The Bertz CT molecular complexity index is 721. The molecular formula is C22H39N9O. The van der Waals surface area contributed by atoms with E-state index in [1.54, 1.807) is 0 Å². The molecule has 1 heterocycles. The number of nitrogens with two attached hydrogens (primary N) is 2. The van der Waals surface area contributed by atoms with Crippen LogP contribution in [0.4, 0.5) is 0 Å². The van der Waals surface area contributed by atoms with E-state index in [0.717, 1.165) is 62.5 Å². The van der Waals surface area contributed by atoms with E-state index < -0.39 is 0 Å². The van der Waals surface area contributed by atoms with Gasteiger partial charge in [-0.15, -0.1) is 0 Å². The fourth-order valence-corrected chi connectivity index (χ4v) is 3.26. The van der Waals surface area contributed by atoms with Crippen LogP contribution in [0.15, 0.2) is 29.3 Å². The summed E-state index contributed by atoms with van der Waals surface area (Å²) in [6.45, 7) is 4.00. The van der Waals surface area contributed by atoms with Gasteiger partial charge in [-0.3, -0.25) is 15.8 Å². The predicted molar refractivity (Wildman–Crippen MR) is 131 cm³/mol. The van der Waals surface area contributed by atoms with Crippen molar-refractivity contribution in [2.24, 2.45) is 16.5 Å². The molecule has 1 unspecified atom stereocenters. The van der Waals surface area contributed by atoms with E-state index in [2.05, 4.69) is 26.3 Å². The summed E-state index contributed by atoms with van der Waals surface area (Å²) in [4.78, 5) is 4.45. The highest BCUT2D eigenvalue weighted by molar-refractivity contribution is 5.99.